The summed E-state index contributed by atoms with van der Waals surface area (Å²) in [4.78, 5) is 23.7. The van der Waals surface area contributed by atoms with Crippen LogP contribution >= 0.6 is 0 Å². The van der Waals surface area contributed by atoms with E-state index >= 15 is 0 Å². The minimum atomic E-state index is -4.27. The molecule has 1 amide bonds. The van der Waals surface area contributed by atoms with Gasteiger partial charge in [0, 0.05) is 19.4 Å². The number of hydrogen-bond acceptors (Lipinski definition) is 7. The highest BCUT2D eigenvalue weighted by atomic mass is 32.2. The van der Waals surface area contributed by atoms with E-state index in [9.17, 15) is 18.0 Å². The first-order valence-corrected chi connectivity index (χ1v) is 10.0. The first-order chi connectivity index (χ1) is 13.8. The third kappa shape index (κ3) is 4.19. The minimum absolute atomic E-state index is 0.0613. The van der Waals surface area contributed by atoms with Crippen molar-refractivity contribution in [3.63, 3.8) is 0 Å². The van der Waals surface area contributed by atoms with Crippen molar-refractivity contribution in [3.05, 3.63) is 66.4 Å². The van der Waals surface area contributed by atoms with E-state index in [0.717, 1.165) is 6.92 Å². The summed E-state index contributed by atoms with van der Waals surface area (Å²) in [7, 11) is -4.27. The zero-order valence-electron chi connectivity index (χ0n) is 15.7. The number of carbonyl (C=O) groups excluding carboxylic acids is 2. The molecule has 0 N–H and O–H groups in total. The van der Waals surface area contributed by atoms with Crippen molar-refractivity contribution in [1.82, 2.24) is 5.16 Å². The Kier molecular flexibility index (Phi) is 5.79. The van der Waals surface area contributed by atoms with Gasteiger partial charge >= 0.3 is 5.97 Å². The van der Waals surface area contributed by atoms with Crippen molar-refractivity contribution in [2.24, 2.45) is 0 Å². The predicted molar refractivity (Wildman–Crippen MR) is 104 cm³/mol. The Morgan fingerprint density at radius 1 is 1.00 bits per heavy atom. The molecule has 0 atom stereocenters. The molecule has 9 heteroatoms. The highest BCUT2D eigenvalue weighted by molar-refractivity contribution is 7.93. The van der Waals surface area contributed by atoms with Gasteiger partial charge in [-0.2, -0.15) is 4.31 Å². The molecule has 0 saturated heterocycles. The number of rotatable bonds is 6. The third-order valence-electron chi connectivity index (χ3n) is 3.96. The average molecular weight is 414 g/mol. The topological polar surface area (TPSA) is 107 Å². The van der Waals surface area contributed by atoms with E-state index in [1.54, 1.807) is 48.5 Å². The second kappa shape index (κ2) is 8.27. The molecule has 8 nitrogen and oxygen atoms in total. The normalized spacial score (nSPS) is 11.1. The number of nitrogens with zero attached hydrogens (tertiary/aromatic N) is 2. The molecule has 0 saturated carbocycles. The lowest BCUT2D eigenvalue weighted by molar-refractivity contribution is -0.142. The lowest BCUT2D eigenvalue weighted by Gasteiger charge is -2.21. The van der Waals surface area contributed by atoms with Gasteiger partial charge < -0.3 is 9.26 Å². The zero-order valence-corrected chi connectivity index (χ0v) is 16.5. The van der Waals surface area contributed by atoms with E-state index in [1.165, 1.54) is 19.1 Å². The molecule has 0 fully saturated rings. The summed E-state index contributed by atoms with van der Waals surface area (Å²) < 4.78 is 37.4. The molecule has 1 heterocycles. The maximum absolute atomic E-state index is 13.3. The number of anilines is 1. The molecular weight excluding hydrogens is 396 g/mol. The predicted octanol–water partition coefficient (Wildman–Crippen LogP) is 3.15. The lowest BCUT2D eigenvalue weighted by atomic mass is 10.1. The number of sulfonamides is 1. The number of esters is 1. The standard InChI is InChI=1S/C20H18N2O6S/c1-14(23)22(29(25,26)17-11-7-4-8-12-17)20-18(13-27-15(2)24)28-21-19(20)16-9-5-3-6-10-16/h3-12H,13H2,1-2H3. The quantitative estimate of drug-likeness (QED) is 0.570. The maximum atomic E-state index is 13.3. The Morgan fingerprint density at radius 2 is 1.59 bits per heavy atom. The van der Waals surface area contributed by atoms with Gasteiger partial charge in [-0.05, 0) is 12.1 Å². The highest BCUT2D eigenvalue weighted by Crippen LogP contribution is 2.37. The summed E-state index contributed by atoms with van der Waals surface area (Å²) in [6, 6.07) is 16.2. The number of aromatic nitrogens is 1. The maximum Gasteiger partial charge on any atom is 0.303 e. The van der Waals surface area contributed by atoms with Crippen LogP contribution in [0.2, 0.25) is 0 Å². The SMILES string of the molecule is CC(=O)OCc1onc(-c2ccccc2)c1N(C(C)=O)S(=O)(=O)c1ccccc1. The molecule has 1 aromatic heterocycles. The van der Waals surface area contributed by atoms with Crippen molar-refractivity contribution >= 4 is 27.6 Å². The summed E-state index contributed by atoms with van der Waals surface area (Å²) in [5.41, 5.74) is 0.589. The molecule has 0 spiro atoms. The van der Waals surface area contributed by atoms with Crippen LogP contribution in [-0.4, -0.2) is 25.5 Å². The highest BCUT2D eigenvalue weighted by Gasteiger charge is 2.36. The van der Waals surface area contributed by atoms with Crippen LogP contribution in [0.25, 0.3) is 11.3 Å². The van der Waals surface area contributed by atoms with Crippen LogP contribution in [0.15, 0.2) is 70.1 Å². The summed E-state index contributed by atoms with van der Waals surface area (Å²) in [5.74, 6) is -1.42. The van der Waals surface area contributed by atoms with Crippen molar-refractivity contribution in [2.45, 2.75) is 25.3 Å². The molecule has 0 aliphatic rings. The molecule has 3 aromatic rings. The Hall–Kier alpha value is -3.46. The van der Waals surface area contributed by atoms with Crippen LogP contribution in [0.4, 0.5) is 5.69 Å². The van der Waals surface area contributed by atoms with Gasteiger partial charge in [0.25, 0.3) is 10.0 Å². The lowest BCUT2D eigenvalue weighted by Crippen LogP contribution is -2.36. The number of benzene rings is 2. The number of amides is 1. The van der Waals surface area contributed by atoms with Crippen molar-refractivity contribution < 1.29 is 27.3 Å². The Bertz CT molecular complexity index is 1120. The molecule has 0 bridgehead atoms. The van der Waals surface area contributed by atoms with Crippen LogP contribution in [0, 0.1) is 0 Å². The van der Waals surface area contributed by atoms with Gasteiger partial charge in [-0.3, -0.25) is 9.59 Å². The molecule has 0 aliphatic carbocycles. The Morgan fingerprint density at radius 3 is 2.14 bits per heavy atom. The van der Waals surface area contributed by atoms with Gasteiger partial charge in [-0.1, -0.05) is 53.7 Å². The second-order valence-corrected chi connectivity index (χ2v) is 7.84. The smallest absolute Gasteiger partial charge is 0.303 e. The van der Waals surface area contributed by atoms with Crippen LogP contribution in [0.5, 0.6) is 0 Å². The van der Waals surface area contributed by atoms with Gasteiger partial charge in [0.1, 0.15) is 11.4 Å². The summed E-state index contributed by atoms with van der Waals surface area (Å²) in [6.07, 6.45) is 0. The molecular formula is C20H18N2O6S. The molecule has 0 unspecified atom stereocenters. The van der Waals surface area contributed by atoms with E-state index in [1.807, 2.05) is 0 Å². The van der Waals surface area contributed by atoms with Gasteiger partial charge in [0.2, 0.25) is 5.91 Å². The van der Waals surface area contributed by atoms with Crippen LogP contribution in [-0.2, 0) is 31.0 Å². The van der Waals surface area contributed by atoms with Crippen molar-refractivity contribution in [2.75, 3.05) is 4.31 Å². The van der Waals surface area contributed by atoms with Crippen LogP contribution in [0.3, 0.4) is 0 Å². The van der Waals surface area contributed by atoms with Crippen molar-refractivity contribution in [3.8, 4) is 11.3 Å². The van der Waals surface area contributed by atoms with E-state index < -0.39 is 21.9 Å². The first-order valence-electron chi connectivity index (χ1n) is 8.60. The zero-order chi connectivity index (χ0) is 21.0. The monoisotopic (exact) mass is 414 g/mol. The molecule has 0 aliphatic heterocycles. The molecule has 0 radical (unpaired) electrons. The number of hydrogen-bond donors (Lipinski definition) is 0. The Labute approximate surface area is 167 Å². The summed E-state index contributed by atoms with van der Waals surface area (Å²) in [5, 5.41) is 3.95. The largest absolute Gasteiger partial charge is 0.457 e. The molecule has 29 heavy (non-hydrogen) atoms. The Balaban J connectivity index is 2.22. The van der Waals surface area contributed by atoms with E-state index in [4.69, 9.17) is 9.26 Å². The first kappa shape index (κ1) is 20.3. The van der Waals surface area contributed by atoms with Gasteiger partial charge in [0.05, 0.1) is 4.90 Å². The fourth-order valence-electron chi connectivity index (χ4n) is 2.72. The fourth-order valence-corrected chi connectivity index (χ4v) is 4.20. The van der Waals surface area contributed by atoms with E-state index in [2.05, 4.69) is 5.16 Å². The summed E-state index contributed by atoms with van der Waals surface area (Å²) in [6.45, 7) is 1.95. The number of ether oxygens (including phenoxy) is 1. The molecule has 2 aromatic carbocycles. The molecule has 3 rings (SSSR count). The van der Waals surface area contributed by atoms with E-state index in [0.29, 0.717) is 9.87 Å². The third-order valence-corrected chi connectivity index (χ3v) is 5.75. The van der Waals surface area contributed by atoms with Gasteiger partial charge in [-0.15, -0.1) is 0 Å². The van der Waals surface area contributed by atoms with Crippen LogP contribution in [0.1, 0.15) is 19.6 Å². The molecule has 150 valence electrons. The number of carbonyl (C=O) groups is 2. The minimum Gasteiger partial charge on any atom is -0.457 e. The van der Waals surface area contributed by atoms with Crippen molar-refractivity contribution in [1.29, 1.82) is 0 Å². The fraction of sp³-hybridized carbons (Fsp3) is 0.150. The van der Waals surface area contributed by atoms with Gasteiger partial charge in [-0.25, -0.2) is 8.42 Å². The van der Waals surface area contributed by atoms with E-state index in [-0.39, 0.29) is 28.6 Å². The van der Waals surface area contributed by atoms with Gasteiger partial charge in [0.15, 0.2) is 12.4 Å². The average Bonchev–Trinajstić information content (AvgIpc) is 3.10. The van der Waals surface area contributed by atoms with Crippen LogP contribution < -0.4 is 4.31 Å². The summed E-state index contributed by atoms with van der Waals surface area (Å²) >= 11 is 0. The second-order valence-electron chi connectivity index (χ2n) is 6.05.